The molecule has 1 aliphatic heterocycles. The molecule has 2 aromatic rings. The van der Waals surface area contributed by atoms with E-state index in [1.807, 2.05) is 13.8 Å². The van der Waals surface area contributed by atoms with Gasteiger partial charge in [-0.1, -0.05) is 6.92 Å². The van der Waals surface area contributed by atoms with Crippen LogP contribution in [0.5, 0.6) is 0 Å². The molecule has 0 saturated carbocycles. The van der Waals surface area contributed by atoms with Crippen LogP contribution in [0, 0.1) is 19.8 Å². The van der Waals surface area contributed by atoms with E-state index in [2.05, 4.69) is 22.0 Å². The van der Waals surface area contributed by atoms with Crippen LogP contribution in [-0.4, -0.2) is 56.1 Å². The number of piperidine rings is 1. The Morgan fingerprint density at radius 3 is 2.92 bits per heavy atom. The van der Waals surface area contributed by atoms with Gasteiger partial charge in [0.15, 0.2) is 6.61 Å². The van der Waals surface area contributed by atoms with Crippen molar-refractivity contribution in [1.29, 1.82) is 0 Å². The summed E-state index contributed by atoms with van der Waals surface area (Å²) in [7, 11) is 0. The summed E-state index contributed by atoms with van der Waals surface area (Å²) in [5, 5.41) is 4.10. The van der Waals surface area contributed by atoms with E-state index in [1.54, 1.807) is 9.42 Å². The summed E-state index contributed by atoms with van der Waals surface area (Å²) in [6.07, 6.45) is 3.63. The van der Waals surface area contributed by atoms with Gasteiger partial charge in [0, 0.05) is 30.0 Å². The van der Waals surface area contributed by atoms with E-state index in [-0.39, 0.29) is 18.9 Å². The fourth-order valence-corrected chi connectivity index (χ4v) is 3.26. The molecule has 0 spiro atoms. The van der Waals surface area contributed by atoms with Crippen LogP contribution in [0.25, 0.3) is 5.78 Å². The number of ether oxygens (including phenoxy) is 1. The number of hydrogen-bond donors (Lipinski definition) is 0. The number of fused-ring (bicyclic) bond motifs is 1. The molecule has 134 valence electrons. The topological polar surface area (TPSA) is 89.7 Å². The Hall–Kier alpha value is -2.51. The van der Waals surface area contributed by atoms with Crippen LogP contribution in [0.4, 0.5) is 0 Å². The predicted molar refractivity (Wildman–Crippen MR) is 89.9 cm³/mol. The molecule has 3 rings (SSSR count). The van der Waals surface area contributed by atoms with E-state index in [4.69, 9.17) is 4.74 Å². The van der Waals surface area contributed by atoms with Crippen molar-refractivity contribution in [2.45, 2.75) is 40.0 Å². The molecule has 2 aromatic heterocycles. The normalized spacial score (nSPS) is 17.7. The van der Waals surface area contributed by atoms with Crippen LogP contribution in [0.1, 0.15) is 36.7 Å². The summed E-state index contributed by atoms with van der Waals surface area (Å²) in [4.78, 5) is 34.5. The number of carbonyl (C=O) groups is 2. The molecule has 8 nitrogen and oxygen atoms in total. The number of hydrogen-bond acceptors (Lipinski definition) is 6. The summed E-state index contributed by atoms with van der Waals surface area (Å²) in [6, 6.07) is 0. The molecule has 25 heavy (non-hydrogen) atoms. The molecule has 1 fully saturated rings. The number of esters is 1. The summed E-state index contributed by atoms with van der Waals surface area (Å²) in [5.74, 6) is 0.435. The van der Waals surface area contributed by atoms with Crippen LogP contribution < -0.4 is 0 Å². The average Bonchev–Trinajstić information content (AvgIpc) is 3.05. The highest BCUT2D eigenvalue weighted by molar-refractivity contribution is 5.81. The third kappa shape index (κ3) is 3.78. The summed E-state index contributed by atoms with van der Waals surface area (Å²) in [5.41, 5.74) is 2.27. The smallest absolute Gasteiger partial charge is 0.310 e. The lowest BCUT2D eigenvalue weighted by Crippen LogP contribution is -2.41. The molecule has 1 atom stereocenters. The van der Waals surface area contributed by atoms with Gasteiger partial charge in [-0.3, -0.25) is 9.59 Å². The quantitative estimate of drug-likeness (QED) is 0.771. The minimum atomic E-state index is -0.439. The van der Waals surface area contributed by atoms with E-state index in [9.17, 15) is 9.59 Å². The first-order chi connectivity index (χ1) is 12.0. The van der Waals surface area contributed by atoms with Gasteiger partial charge >= 0.3 is 5.97 Å². The van der Waals surface area contributed by atoms with Crippen LogP contribution in [0.2, 0.25) is 0 Å². The highest BCUT2D eigenvalue weighted by Crippen LogP contribution is 2.16. The van der Waals surface area contributed by atoms with Crippen LogP contribution in [0.3, 0.4) is 0 Å². The average molecular weight is 345 g/mol. The predicted octanol–water partition coefficient (Wildman–Crippen LogP) is 1.09. The maximum atomic E-state index is 12.2. The van der Waals surface area contributed by atoms with E-state index in [0.29, 0.717) is 17.4 Å². The lowest BCUT2D eigenvalue weighted by atomic mass is 10.0. The summed E-state index contributed by atoms with van der Waals surface area (Å²) < 4.78 is 6.79. The Bertz CT molecular complexity index is 801. The fourth-order valence-electron chi connectivity index (χ4n) is 3.26. The Balaban J connectivity index is 1.60. The van der Waals surface area contributed by atoms with Crippen LogP contribution >= 0.6 is 0 Å². The molecule has 0 N–H and O–H groups in total. The third-order valence-corrected chi connectivity index (χ3v) is 4.68. The van der Waals surface area contributed by atoms with Crippen molar-refractivity contribution in [1.82, 2.24) is 24.5 Å². The van der Waals surface area contributed by atoms with Crippen LogP contribution in [0.15, 0.2) is 6.33 Å². The minimum absolute atomic E-state index is 0.0597. The number of likely N-dealkylation sites (tertiary alicyclic amines) is 1. The molecule has 1 amide bonds. The van der Waals surface area contributed by atoms with Gasteiger partial charge in [-0.05, 0) is 32.6 Å². The van der Waals surface area contributed by atoms with Gasteiger partial charge in [-0.15, -0.1) is 0 Å². The van der Waals surface area contributed by atoms with Crippen molar-refractivity contribution in [3.05, 3.63) is 23.3 Å². The second-order valence-electron chi connectivity index (χ2n) is 6.66. The van der Waals surface area contributed by atoms with Crippen molar-refractivity contribution in [3.8, 4) is 0 Å². The lowest BCUT2D eigenvalue weighted by molar-refractivity contribution is -0.152. The van der Waals surface area contributed by atoms with Gasteiger partial charge in [-0.25, -0.2) is 9.50 Å². The molecule has 0 bridgehead atoms. The van der Waals surface area contributed by atoms with Gasteiger partial charge in [0.2, 0.25) is 0 Å². The number of aryl methyl sites for hydroxylation is 2. The van der Waals surface area contributed by atoms with Gasteiger partial charge in [0.1, 0.15) is 6.33 Å². The molecule has 0 aliphatic carbocycles. The SMILES string of the molecule is Cc1nc2ncnn2c(C)c1CC(=O)OCC(=O)N1CCC[C@@H](C)C1. The second-order valence-corrected chi connectivity index (χ2v) is 6.66. The number of amides is 1. The Morgan fingerprint density at radius 2 is 2.16 bits per heavy atom. The molecular weight excluding hydrogens is 322 g/mol. The second kappa shape index (κ2) is 7.16. The standard InChI is InChI=1S/C17H23N5O3/c1-11-5-4-6-21(8-11)15(23)9-25-16(24)7-14-12(2)20-17-18-10-19-22(17)13(14)3/h10-11H,4-9H2,1-3H3/t11-/m1/s1. The zero-order valence-electron chi connectivity index (χ0n) is 14.9. The van der Waals surface area contributed by atoms with Gasteiger partial charge in [0.05, 0.1) is 6.42 Å². The van der Waals surface area contributed by atoms with Crippen molar-refractivity contribution in [2.24, 2.45) is 5.92 Å². The van der Waals surface area contributed by atoms with E-state index in [0.717, 1.165) is 37.2 Å². The molecule has 1 saturated heterocycles. The third-order valence-electron chi connectivity index (χ3n) is 4.68. The van der Waals surface area contributed by atoms with Crippen molar-refractivity contribution >= 4 is 17.7 Å². The Labute approximate surface area is 146 Å². The Morgan fingerprint density at radius 1 is 1.36 bits per heavy atom. The number of aromatic nitrogens is 4. The largest absolute Gasteiger partial charge is 0.455 e. The maximum absolute atomic E-state index is 12.2. The Kier molecular flexibility index (Phi) is 4.96. The molecule has 0 unspecified atom stereocenters. The summed E-state index contributed by atoms with van der Waals surface area (Å²) in [6.45, 7) is 7.09. The molecule has 8 heteroatoms. The van der Waals surface area contributed by atoms with Crippen molar-refractivity contribution in [3.63, 3.8) is 0 Å². The molecule has 3 heterocycles. The molecule has 0 radical (unpaired) electrons. The zero-order chi connectivity index (χ0) is 18.0. The number of carbonyl (C=O) groups excluding carboxylic acids is 2. The molecule has 0 aromatic carbocycles. The van der Waals surface area contributed by atoms with E-state index < -0.39 is 5.97 Å². The van der Waals surface area contributed by atoms with Gasteiger partial charge < -0.3 is 9.64 Å². The molecule has 1 aliphatic rings. The first-order valence-corrected chi connectivity index (χ1v) is 8.55. The highest BCUT2D eigenvalue weighted by Gasteiger charge is 2.22. The summed E-state index contributed by atoms with van der Waals surface area (Å²) >= 11 is 0. The lowest BCUT2D eigenvalue weighted by Gasteiger charge is -2.30. The maximum Gasteiger partial charge on any atom is 0.310 e. The first-order valence-electron chi connectivity index (χ1n) is 8.55. The van der Waals surface area contributed by atoms with E-state index in [1.165, 1.54) is 6.33 Å². The monoisotopic (exact) mass is 345 g/mol. The number of rotatable bonds is 4. The minimum Gasteiger partial charge on any atom is -0.455 e. The van der Waals surface area contributed by atoms with Crippen molar-refractivity contribution < 1.29 is 14.3 Å². The van der Waals surface area contributed by atoms with E-state index >= 15 is 0 Å². The number of nitrogens with zero attached hydrogens (tertiary/aromatic N) is 5. The fraction of sp³-hybridized carbons (Fsp3) is 0.588. The van der Waals surface area contributed by atoms with Gasteiger partial charge in [-0.2, -0.15) is 10.1 Å². The zero-order valence-corrected chi connectivity index (χ0v) is 14.9. The first kappa shape index (κ1) is 17.3. The van der Waals surface area contributed by atoms with Gasteiger partial charge in [0.25, 0.3) is 11.7 Å². The molecular formula is C17H23N5O3. The highest BCUT2D eigenvalue weighted by atomic mass is 16.5. The van der Waals surface area contributed by atoms with Crippen molar-refractivity contribution in [2.75, 3.05) is 19.7 Å². The van der Waals surface area contributed by atoms with Crippen LogP contribution in [-0.2, 0) is 20.7 Å².